The molecule has 1 N–H and O–H groups in total. The maximum atomic E-state index is 12.8. The highest BCUT2D eigenvalue weighted by Gasteiger charge is 2.33. The lowest BCUT2D eigenvalue weighted by Crippen LogP contribution is -2.15. The molecule has 1 aromatic carbocycles. The zero-order valence-corrected chi connectivity index (χ0v) is 12.3. The van der Waals surface area contributed by atoms with E-state index in [-0.39, 0.29) is 10.7 Å². The van der Waals surface area contributed by atoms with Crippen molar-refractivity contribution in [3.63, 3.8) is 0 Å². The summed E-state index contributed by atoms with van der Waals surface area (Å²) in [5.74, 6) is 0.552. The van der Waals surface area contributed by atoms with Gasteiger partial charge in [-0.25, -0.2) is 0 Å². The van der Waals surface area contributed by atoms with Crippen LogP contribution in [-0.2, 0) is 10.9 Å². The average Bonchev–Trinajstić information content (AvgIpc) is 2.33. The lowest BCUT2D eigenvalue weighted by Gasteiger charge is -2.15. The van der Waals surface area contributed by atoms with E-state index in [9.17, 15) is 13.2 Å². The van der Waals surface area contributed by atoms with Gasteiger partial charge in [0.25, 0.3) is 0 Å². The zero-order chi connectivity index (χ0) is 15.2. The van der Waals surface area contributed by atoms with Crippen LogP contribution in [0.3, 0.4) is 0 Å². The maximum Gasteiger partial charge on any atom is 0.418 e. The summed E-state index contributed by atoms with van der Waals surface area (Å²) in [6.07, 6.45) is -3.49. The second-order valence-corrected chi connectivity index (χ2v) is 5.35. The van der Waals surface area contributed by atoms with Gasteiger partial charge in [-0.05, 0) is 30.5 Å². The van der Waals surface area contributed by atoms with E-state index in [1.165, 1.54) is 12.1 Å². The number of anilines is 1. The van der Waals surface area contributed by atoms with Crippen LogP contribution < -0.4 is 5.32 Å². The van der Waals surface area contributed by atoms with Crippen molar-refractivity contribution in [3.05, 3.63) is 28.8 Å². The minimum Gasteiger partial charge on any atom is -0.382 e. The Bertz CT molecular complexity index is 421. The number of halogens is 4. The van der Waals surface area contributed by atoms with Gasteiger partial charge in [0, 0.05) is 23.9 Å². The second-order valence-electron chi connectivity index (χ2n) is 4.91. The van der Waals surface area contributed by atoms with Gasteiger partial charge in [-0.1, -0.05) is 25.4 Å². The standard InChI is InChI=1S/C14H19ClF3NO/c1-10(2)5-7-20-8-6-19-13-4-3-11(15)9-12(13)14(16,17)18/h3-4,9-10,19H,5-8H2,1-2H3. The number of hydrogen-bond donors (Lipinski definition) is 1. The van der Waals surface area contributed by atoms with E-state index in [4.69, 9.17) is 16.3 Å². The number of ether oxygens (including phenoxy) is 1. The average molecular weight is 310 g/mol. The first-order chi connectivity index (χ1) is 9.30. The Balaban J connectivity index is 2.48. The van der Waals surface area contributed by atoms with Crippen LogP contribution in [0.25, 0.3) is 0 Å². The Morgan fingerprint density at radius 3 is 2.55 bits per heavy atom. The van der Waals surface area contributed by atoms with Crippen LogP contribution in [0.1, 0.15) is 25.8 Å². The van der Waals surface area contributed by atoms with Crippen molar-refractivity contribution in [3.8, 4) is 0 Å². The highest BCUT2D eigenvalue weighted by atomic mass is 35.5. The molecule has 0 aliphatic carbocycles. The van der Waals surface area contributed by atoms with Crippen LogP contribution in [0.4, 0.5) is 18.9 Å². The summed E-state index contributed by atoms with van der Waals surface area (Å²) >= 11 is 5.60. The molecule has 0 saturated carbocycles. The Morgan fingerprint density at radius 2 is 1.95 bits per heavy atom. The van der Waals surface area contributed by atoms with E-state index < -0.39 is 11.7 Å². The summed E-state index contributed by atoms with van der Waals surface area (Å²) in [4.78, 5) is 0. The predicted octanol–water partition coefficient (Wildman–Crippen LogP) is 4.83. The van der Waals surface area contributed by atoms with E-state index >= 15 is 0 Å². The van der Waals surface area contributed by atoms with Crippen molar-refractivity contribution in [2.45, 2.75) is 26.4 Å². The first kappa shape index (κ1) is 17.1. The lowest BCUT2D eigenvalue weighted by molar-refractivity contribution is -0.136. The number of rotatable bonds is 7. The van der Waals surface area contributed by atoms with Crippen molar-refractivity contribution in [2.24, 2.45) is 5.92 Å². The number of alkyl halides is 3. The summed E-state index contributed by atoms with van der Waals surface area (Å²) in [6.45, 7) is 5.48. The third-order valence-corrected chi connectivity index (χ3v) is 2.92. The summed E-state index contributed by atoms with van der Waals surface area (Å²) in [5.41, 5.74) is -0.735. The number of hydrogen-bond acceptors (Lipinski definition) is 2. The Hall–Kier alpha value is -0.940. The quantitative estimate of drug-likeness (QED) is 0.728. The minimum atomic E-state index is -4.42. The van der Waals surface area contributed by atoms with Crippen molar-refractivity contribution in [2.75, 3.05) is 25.1 Å². The molecule has 0 bridgehead atoms. The number of nitrogens with one attached hydrogen (secondary N) is 1. The minimum absolute atomic E-state index is 0.0226. The van der Waals surface area contributed by atoms with Gasteiger partial charge in [0.2, 0.25) is 0 Å². The van der Waals surface area contributed by atoms with Gasteiger partial charge in [0.15, 0.2) is 0 Å². The highest BCUT2D eigenvalue weighted by Crippen LogP contribution is 2.36. The van der Waals surface area contributed by atoms with Gasteiger partial charge in [0.05, 0.1) is 12.2 Å². The Kier molecular flexibility index (Phi) is 6.62. The molecule has 20 heavy (non-hydrogen) atoms. The molecule has 0 aliphatic heterocycles. The molecule has 0 radical (unpaired) electrons. The van der Waals surface area contributed by atoms with E-state index in [1.807, 2.05) is 0 Å². The molecule has 114 valence electrons. The molecule has 0 amide bonds. The SMILES string of the molecule is CC(C)CCOCCNc1ccc(Cl)cc1C(F)(F)F. The molecule has 1 rings (SSSR count). The molecule has 6 heteroatoms. The predicted molar refractivity (Wildman–Crippen MR) is 75.2 cm³/mol. The smallest absolute Gasteiger partial charge is 0.382 e. The van der Waals surface area contributed by atoms with Crippen LogP contribution in [0.5, 0.6) is 0 Å². The van der Waals surface area contributed by atoms with Crippen molar-refractivity contribution < 1.29 is 17.9 Å². The van der Waals surface area contributed by atoms with E-state index in [0.29, 0.717) is 25.7 Å². The molecular formula is C14H19ClF3NO. The van der Waals surface area contributed by atoms with Crippen LogP contribution in [-0.4, -0.2) is 19.8 Å². The monoisotopic (exact) mass is 309 g/mol. The molecule has 0 atom stereocenters. The normalized spacial score (nSPS) is 11.9. The third kappa shape index (κ3) is 6.01. The topological polar surface area (TPSA) is 21.3 Å². The molecule has 0 aliphatic rings. The molecular weight excluding hydrogens is 291 g/mol. The molecule has 0 aromatic heterocycles. The maximum absolute atomic E-state index is 12.8. The van der Waals surface area contributed by atoms with Gasteiger partial charge in [-0.2, -0.15) is 13.2 Å². The molecule has 0 fully saturated rings. The molecule has 0 unspecified atom stereocenters. The second kappa shape index (κ2) is 7.74. The Labute approximate surface area is 122 Å². The van der Waals surface area contributed by atoms with Crippen LogP contribution in [0, 0.1) is 5.92 Å². The number of benzene rings is 1. The zero-order valence-electron chi connectivity index (χ0n) is 11.6. The fourth-order valence-electron chi connectivity index (χ4n) is 1.58. The van der Waals surface area contributed by atoms with Gasteiger partial charge in [0.1, 0.15) is 0 Å². The van der Waals surface area contributed by atoms with Gasteiger partial charge in [-0.3, -0.25) is 0 Å². The molecule has 1 aromatic rings. The fourth-order valence-corrected chi connectivity index (χ4v) is 1.76. The van der Waals surface area contributed by atoms with E-state index in [0.717, 1.165) is 12.5 Å². The summed E-state index contributed by atoms with van der Waals surface area (Å²) in [6, 6.07) is 3.68. The van der Waals surface area contributed by atoms with Crippen LogP contribution >= 0.6 is 11.6 Å². The summed E-state index contributed by atoms with van der Waals surface area (Å²) < 4.78 is 43.8. The third-order valence-electron chi connectivity index (χ3n) is 2.69. The molecule has 2 nitrogen and oxygen atoms in total. The summed E-state index contributed by atoms with van der Waals surface area (Å²) in [7, 11) is 0. The first-order valence-electron chi connectivity index (χ1n) is 6.49. The summed E-state index contributed by atoms with van der Waals surface area (Å²) in [5, 5.41) is 2.80. The van der Waals surface area contributed by atoms with Crippen LogP contribution in [0.15, 0.2) is 18.2 Å². The van der Waals surface area contributed by atoms with Crippen molar-refractivity contribution >= 4 is 17.3 Å². The fraction of sp³-hybridized carbons (Fsp3) is 0.571. The largest absolute Gasteiger partial charge is 0.418 e. The Morgan fingerprint density at radius 1 is 1.25 bits per heavy atom. The van der Waals surface area contributed by atoms with Crippen molar-refractivity contribution in [1.82, 2.24) is 0 Å². The van der Waals surface area contributed by atoms with Gasteiger partial charge < -0.3 is 10.1 Å². The van der Waals surface area contributed by atoms with E-state index in [1.54, 1.807) is 0 Å². The van der Waals surface area contributed by atoms with Gasteiger partial charge in [-0.15, -0.1) is 0 Å². The van der Waals surface area contributed by atoms with Gasteiger partial charge >= 0.3 is 6.18 Å². The molecule has 0 saturated heterocycles. The van der Waals surface area contributed by atoms with Crippen LogP contribution in [0.2, 0.25) is 5.02 Å². The van der Waals surface area contributed by atoms with Crippen molar-refractivity contribution in [1.29, 1.82) is 0 Å². The lowest BCUT2D eigenvalue weighted by atomic mass is 10.1. The molecule has 0 heterocycles. The highest BCUT2D eigenvalue weighted by molar-refractivity contribution is 6.30. The first-order valence-corrected chi connectivity index (χ1v) is 6.87. The van der Waals surface area contributed by atoms with E-state index in [2.05, 4.69) is 19.2 Å². The molecule has 0 spiro atoms.